The fourth-order valence-electron chi connectivity index (χ4n) is 3.06. The molecule has 2 rings (SSSR count). The van der Waals surface area contributed by atoms with Crippen LogP contribution in [0.4, 0.5) is 0 Å². The molecular weight excluding hydrogens is 304 g/mol. The van der Waals surface area contributed by atoms with Crippen LogP contribution in [0.15, 0.2) is 10.6 Å². The first-order valence-corrected chi connectivity index (χ1v) is 9.33. The van der Waals surface area contributed by atoms with Crippen molar-refractivity contribution in [2.45, 2.75) is 45.1 Å². The highest BCUT2D eigenvalue weighted by Gasteiger charge is 2.35. The fourth-order valence-corrected chi connectivity index (χ4v) is 4.30. The number of likely N-dealkylation sites (tertiary alicyclic amines) is 1. The number of hydrogen-bond donors (Lipinski definition) is 0. The lowest BCUT2D eigenvalue weighted by Gasteiger charge is -2.36. The van der Waals surface area contributed by atoms with Gasteiger partial charge in [0, 0.05) is 19.2 Å². The Balaban J connectivity index is 2.08. The number of aryl methyl sites for hydroxylation is 1. The van der Waals surface area contributed by atoms with Gasteiger partial charge in [0.25, 0.3) is 0 Å². The van der Waals surface area contributed by atoms with E-state index in [0.29, 0.717) is 30.6 Å². The Morgan fingerprint density at radius 2 is 2.00 bits per heavy atom. The summed E-state index contributed by atoms with van der Waals surface area (Å²) in [4.78, 5) is 14.2. The van der Waals surface area contributed by atoms with Crippen molar-refractivity contribution in [3.8, 4) is 0 Å². The molecule has 1 aromatic heterocycles. The van der Waals surface area contributed by atoms with E-state index in [-0.39, 0.29) is 17.4 Å². The average molecular weight is 328 g/mol. The Hall–Kier alpha value is -1.37. The lowest BCUT2D eigenvalue weighted by atomic mass is 9.92. The van der Waals surface area contributed by atoms with Crippen LogP contribution in [0.25, 0.3) is 0 Å². The van der Waals surface area contributed by atoms with Gasteiger partial charge >= 0.3 is 0 Å². The molecule has 0 radical (unpaired) electrons. The standard InChI is InChI=1S/C15H24N2O4S/c1-10-5-11(2)8-17(7-10)15(18)13(4)22(19,20)9-14-6-12(3)16-21-14/h6,10-11,13H,5,7-9H2,1-4H3. The minimum absolute atomic E-state index is 0.275. The van der Waals surface area contributed by atoms with Crippen molar-refractivity contribution in [1.82, 2.24) is 10.1 Å². The molecule has 6 nitrogen and oxygen atoms in total. The first-order chi connectivity index (χ1) is 10.2. The molecule has 0 aliphatic carbocycles. The van der Waals surface area contributed by atoms with Crippen LogP contribution in [0.2, 0.25) is 0 Å². The van der Waals surface area contributed by atoms with Gasteiger partial charge in [0.1, 0.15) is 11.0 Å². The number of hydrogen-bond acceptors (Lipinski definition) is 5. The second kappa shape index (κ2) is 6.40. The van der Waals surface area contributed by atoms with E-state index in [1.807, 2.05) is 0 Å². The molecule has 124 valence electrons. The summed E-state index contributed by atoms with van der Waals surface area (Å²) in [6, 6.07) is 1.58. The third-order valence-corrected chi connectivity index (χ3v) is 6.05. The highest BCUT2D eigenvalue weighted by atomic mass is 32.2. The molecule has 0 saturated carbocycles. The normalized spacial score (nSPS) is 24.3. The maximum absolute atomic E-state index is 12.5. The van der Waals surface area contributed by atoms with Gasteiger partial charge in [-0.3, -0.25) is 4.79 Å². The maximum atomic E-state index is 12.5. The van der Waals surface area contributed by atoms with Crippen LogP contribution < -0.4 is 0 Å². The third-order valence-electron chi connectivity index (χ3n) is 4.09. The lowest BCUT2D eigenvalue weighted by Crippen LogP contribution is -2.48. The quantitative estimate of drug-likeness (QED) is 0.842. The molecule has 0 spiro atoms. The van der Waals surface area contributed by atoms with Crippen molar-refractivity contribution >= 4 is 15.7 Å². The smallest absolute Gasteiger partial charge is 0.240 e. The number of carbonyl (C=O) groups excluding carboxylic acids is 1. The van der Waals surface area contributed by atoms with Gasteiger partial charge in [-0.1, -0.05) is 19.0 Å². The van der Waals surface area contributed by atoms with Crippen LogP contribution in [-0.2, 0) is 20.4 Å². The summed E-state index contributed by atoms with van der Waals surface area (Å²) < 4.78 is 29.8. The largest absolute Gasteiger partial charge is 0.360 e. The van der Waals surface area contributed by atoms with Gasteiger partial charge in [0.2, 0.25) is 5.91 Å². The molecule has 1 amide bonds. The fraction of sp³-hybridized carbons (Fsp3) is 0.733. The topological polar surface area (TPSA) is 80.5 Å². The number of nitrogens with zero attached hydrogens (tertiary/aromatic N) is 2. The highest BCUT2D eigenvalue weighted by Crippen LogP contribution is 2.23. The zero-order chi connectivity index (χ0) is 16.5. The molecule has 1 aliphatic heterocycles. The van der Waals surface area contributed by atoms with Crippen molar-refractivity contribution in [2.24, 2.45) is 11.8 Å². The molecule has 1 aromatic rings. The summed E-state index contributed by atoms with van der Waals surface area (Å²) in [5.74, 6) is 0.478. The summed E-state index contributed by atoms with van der Waals surface area (Å²) in [6.45, 7) is 8.63. The molecule has 2 heterocycles. The molecule has 3 atom stereocenters. The molecule has 1 saturated heterocycles. The van der Waals surface area contributed by atoms with E-state index in [0.717, 1.165) is 6.42 Å². The Morgan fingerprint density at radius 1 is 1.41 bits per heavy atom. The number of amides is 1. The Labute approximate surface area is 131 Å². The SMILES string of the molecule is Cc1cc(CS(=O)(=O)C(C)C(=O)N2CC(C)CC(C)C2)on1. The van der Waals surface area contributed by atoms with Crippen LogP contribution in [0.3, 0.4) is 0 Å². The molecule has 0 N–H and O–H groups in total. The second-order valence-electron chi connectivity index (χ2n) is 6.57. The van der Waals surface area contributed by atoms with Gasteiger partial charge < -0.3 is 9.42 Å². The van der Waals surface area contributed by atoms with Crippen molar-refractivity contribution in [2.75, 3.05) is 13.1 Å². The summed E-state index contributed by atoms with van der Waals surface area (Å²) in [5.41, 5.74) is 0.628. The maximum Gasteiger partial charge on any atom is 0.240 e. The highest BCUT2D eigenvalue weighted by molar-refractivity contribution is 7.92. The van der Waals surface area contributed by atoms with Crippen molar-refractivity contribution < 1.29 is 17.7 Å². The van der Waals surface area contributed by atoms with Crippen LogP contribution in [0.5, 0.6) is 0 Å². The molecular formula is C15H24N2O4S. The van der Waals surface area contributed by atoms with Gasteiger partial charge in [0.05, 0.1) is 5.69 Å². The summed E-state index contributed by atoms with van der Waals surface area (Å²) in [7, 11) is -3.61. The first kappa shape index (κ1) is 17.0. The summed E-state index contributed by atoms with van der Waals surface area (Å²) >= 11 is 0. The van der Waals surface area contributed by atoms with Gasteiger partial charge in [-0.25, -0.2) is 8.42 Å². The van der Waals surface area contributed by atoms with Crippen LogP contribution in [-0.4, -0.2) is 42.7 Å². The molecule has 22 heavy (non-hydrogen) atoms. The van der Waals surface area contributed by atoms with E-state index in [9.17, 15) is 13.2 Å². The summed E-state index contributed by atoms with van der Waals surface area (Å²) in [6.07, 6.45) is 1.07. The van der Waals surface area contributed by atoms with Crippen LogP contribution >= 0.6 is 0 Å². The molecule has 1 fully saturated rings. The minimum Gasteiger partial charge on any atom is -0.360 e. The van der Waals surface area contributed by atoms with Crippen molar-refractivity contribution in [1.29, 1.82) is 0 Å². The van der Waals surface area contributed by atoms with E-state index in [4.69, 9.17) is 4.52 Å². The van der Waals surface area contributed by atoms with Crippen molar-refractivity contribution in [3.63, 3.8) is 0 Å². The van der Waals surface area contributed by atoms with Gasteiger partial charge in [-0.15, -0.1) is 0 Å². The Kier molecular flexibility index (Phi) is 4.94. The molecule has 1 aliphatic rings. The van der Waals surface area contributed by atoms with E-state index >= 15 is 0 Å². The summed E-state index contributed by atoms with van der Waals surface area (Å²) in [5, 5.41) is 2.62. The molecule has 7 heteroatoms. The number of rotatable bonds is 4. The second-order valence-corrected chi connectivity index (χ2v) is 8.89. The van der Waals surface area contributed by atoms with Gasteiger partial charge in [0.15, 0.2) is 15.6 Å². The Morgan fingerprint density at radius 3 is 2.50 bits per heavy atom. The van der Waals surface area contributed by atoms with Crippen LogP contribution in [0.1, 0.15) is 38.6 Å². The minimum atomic E-state index is -3.61. The lowest BCUT2D eigenvalue weighted by molar-refractivity contribution is -0.133. The average Bonchev–Trinajstić information content (AvgIpc) is 2.80. The predicted octanol–water partition coefficient (Wildman–Crippen LogP) is 1.79. The number of aromatic nitrogens is 1. The van der Waals surface area contributed by atoms with E-state index in [1.165, 1.54) is 6.92 Å². The first-order valence-electron chi connectivity index (χ1n) is 7.61. The molecule has 0 aromatic carbocycles. The zero-order valence-corrected chi connectivity index (χ0v) is 14.4. The van der Waals surface area contributed by atoms with Gasteiger partial charge in [-0.2, -0.15) is 0 Å². The monoisotopic (exact) mass is 328 g/mol. The predicted molar refractivity (Wildman–Crippen MR) is 82.9 cm³/mol. The number of piperidine rings is 1. The van der Waals surface area contributed by atoms with Gasteiger partial charge in [-0.05, 0) is 32.1 Å². The third kappa shape index (κ3) is 3.88. The van der Waals surface area contributed by atoms with Crippen LogP contribution in [0, 0.1) is 18.8 Å². The molecule has 0 bridgehead atoms. The Bertz CT molecular complexity index is 628. The van der Waals surface area contributed by atoms with E-state index in [2.05, 4.69) is 19.0 Å². The van der Waals surface area contributed by atoms with Crippen molar-refractivity contribution in [3.05, 3.63) is 17.5 Å². The zero-order valence-electron chi connectivity index (χ0n) is 13.6. The number of carbonyl (C=O) groups is 1. The molecule has 3 unspecified atom stereocenters. The number of sulfone groups is 1. The van der Waals surface area contributed by atoms with E-state index < -0.39 is 15.1 Å². The van der Waals surface area contributed by atoms with E-state index in [1.54, 1.807) is 17.9 Å².